The first-order valence-electron chi connectivity index (χ1n) is 9.82. The number of amides is 2. The summed E-state index contributed by atoms with van der Waals surface area (Å²) in [6.07, 6.45) is -3.40. The molecule has 0 spiro atoms. The van der Waals surface area contributed by atoms with Gasteiger partial charge in [0.05, 0.1) is 5.56 Å². The van der Waals surface area contributed by atoms with Crippen LogP contribution in [0.5, 0.6) is 0 Å². The number of anilines is 1. The Kier molecular flexibility index (Phi) is 7.65. The molecule has 4 nitrogen and oxygen atoms in total. The molecule has 0 fully saturated rings. The lowest BCUT2D eigenvalue weighted by Crippen LogP contribution is -2.34. The molecule has 2 amide bonds. The maximum absolute atomic E-state index is 13.0. The van der Waals surface area contributed by atoms with Gasteiger partial charge in [0.25, 0.3) is 5.91 Å². The van der Waals surface area contributed by atoms with Crippen molar-refractivity contribution in [3.8, 4) is 0 Å². The molecule has 1 atom stereocenters. The molecule has 2 N–H and O–H groups in total. The van der Waals surface area contributed by atoms with E-state index in [2.05, 4.69) is 10.6 Å². The third kappa shape index (κ3) is 7.21. The molecule has 162 valence electrons. The molecule has 0 aliphatic carbocycles. The monoisotopic (exact) mass is 420 g/mol. The van der Waals surface area contributed by atoms with Gasteiger partial charge < -0.3 is 10.6 Å². The zero-order valence-corrected chi connectivity index (χ0v) is 17.6. The van der Waals surface area contributed by atoms with E-state index in [0.29, 0.717) is 30.0 Å². The largest absolute Gasteiger partial charge is 0.416 e. The van der Waals surface area contributed by atoms with Crippen molar-refractivity contribution in [3.63, 3.8) is 0 Å². The van der Waals surface area contributed by atoms with Gasteiger partial charge in [0.15, 0.2) is 0 Å². The summed E-state index contributed by atoms with van der Waals surface area (Å²) < 4.78 is 38.9. The van der Waals surface area contributed by atoms with Gasteiger partial charge in [0.1, 0.15) is 0 Å². The molecule has 2 rings (SSSR count). The molecule has 0 saturated heterocycles. The lowest BCUT2D eigenvalue weighted by Gasteiger charge is -2.15. The average molecular weight is 420 g/mol. The van der Waals surface area contributed by atoms with E-state index in [1.54, 1.807) is 12.1 Å². The van der Waals surface area contributed by atoms with Crippen molar-refractivity contribution in [1.29, 1.82) is 0 Å². The van der Waals surface area contributed by atoms with Crippen LogP contribution in [0.3, 0.4) is 0 Å². The van der Waals surface area contributed by atoms with Crippen LogP contribution in [0.1, 0.15) is 54.2 Å². The van der Waals surface area contributed by atoms with Crippen LogP contribution in [0.15, 0.2) is 42.5 Å². The first kappa shape index (κ1) is 23.4. The summed E-state index contributed by atoms with van der Waals surface area (Å²) in [5.41, 5.74) is 0.916. The van der Waals surface area contributed by atoms with Crippen LogP contribution in [0.4, 0.5) is 18.9 Å². The highest BCUT2D eigenvalue weighted by molar-refractivity contribution is 6.04. The molecule has 2 aromatic rings. The minimum atomic E-state index is -4.51. The SMILES string of the molecule is Cc1cc(C(=O)Nc2ccc(CC(C)NC(=O)CC(C)C)cc2)cc(C(F)(F)F)c1. The first-order valence-corrected chi connectivity index (χ1v) is 9.82. The van der Waals surface area contributed by atoms with E-state index >= 15 is 0 Å². The Bertz CT molecular complexity index is 890. The summed E-state index contributed by atoms with van der Waals surface area (Å²) in [4.78, 5) is 24.2. The molecule has 0 heterocycles. The van der Waals surface area contributed by atoms with Gasteiger partial charge in [-0.05, 0) is 67.6 Å². The van der Waals surface area contributed by atoms with Gasteiger partial charge in [-0.25, -0.2) is 0 Å². The number of nitrogens with one attached hydrogen (secondary N) is 2. The van der Waals surface area contributed by atoms with Crippen molar-refractivity contribution in [2.75, 3.05) is 5.32 Å². The Labute approximate surface area is 174 Å². The van der Waals surface area contributed by atoms with Crippen LogP contribution in [-0.4, -0.2) is 17.9 Å². The molecule has 0 aliphatic rings. The quantitative estimate of drug-likeness (QED) is 0.634. The number of benzene rings is 2. The molecule has 0 radical (unpaired) electrons. The minimum absolute atomic E-state index is 0.0118. The van der Waals surface area contributed by atoms with E-state index in [1.807, 2.05) is 32.9 Å². The number of alkyl halides is 3. The van der Waals surface area contributed by atoms with E-state index in [4.69, 9.17) is 0 Å². The summed E-state index contributed by atoms with van der Waals surface area (Å²) >= 11 is 0. The van der Waals surface area contributed by atoms with Crippen LogP contribution < -0.4 is 10.6 Å². The van der Waals surface area contributed by atoms with Gasteiger partial charge in [-0.2, -0.15) is 13.2 Å². The second kappa shape index (κ2) is 9.78. The maximum atomic E-state index is 13.0. The normalized spacial score (nSPS) is 12.5. The molecule has 30 heavy (non-hydrogen) atoms. The van der Waals surface area contributed by atoms with Gasteiger partial charge >= 0.3 is 6.18 Å². The number of carbonyl (C=O) groups is 2. The van der Waals surface area contributed by atoms with Gasteiger partial charge in [0, 0.05) is 23.7 Å². The highest BCUT2D eigenvalue weighted by Gasteiger charge is 2.31. The standard InChI is InChI=1S/C23H27F3N2O2/c1-14(2)9-21(29)27-16(4)12-17-5-7-20(8-6-17)28-22(30)18-10-15(3)11-19(13-18)23(24,25)26/h5-8,10-11,13-14,16H,9,12H2,1-4H3,(H,27,29)(H,28,30). The van der Waals surface area contributed by atoms with Gasteiger partial charge in [-0.1, -0.05) is 26.0 Å². The van der Waals surface area contributed by atoms with Crippen molar-refractivity contribution in [2.45, 2.75) is 52.8 Å². The van der Waals surface area contributed by atoms with Gasteiger partial charge in [0.2, 0.25) is 5.91 Å². The fourth-order valence-electron chi connectivity index (χ4n) is 3.11. The summed E-state index contributed by atoms with van der Waals surface area (Å²) in [6, 6.07) is 10.2. The molecule has 1 unspecified atom stereocenters. The van der Waals surface area contributed by atoms with E-state index in [1.165, 1.54) is 13.0 Å². The summed E-state index contributed by atoms with van der Waals surface area (Å²) in [5.74, 6) is -0.301. The number of halogens is 3. The molecule has 0 aromatic heterocycles. The Morgan fingerprint density at radius 1 is 1.00 bits per heavy atom. The predicted molar refractivity (Wildman–Crippen MR) is 111 cm³/mol. The number of hydrogen-bond donors (Lipinski definition) is 2. The lowest BCUT2D eigenvalue weighted by molar-refractivity contribution is -0.137. The molecule has 2 aromatic carbocycles. The zero-order valence-electron chi connectivity index (χ0n) is 17.6. The third-order valence-corrected chi connectivity index (χ3v) is 4.42. The predicted octanol–water partition coefficient (Wildman–Crippen LogP) is 5.36. The molecule has 0 bridgehead atoms. The second-order valence-corrected chi connectivity index (χ2v) is 8.01. The minimum Gasteiger partial charge on any atom is -0.353 e. The number of rotatable bonds is 7. The summed E-state index contributed by atoms with van der Waals surface area (Å²) in [5, 5.41) is 5.57. The van der Waals surface area contributed by atoms with Crippen LogP contribution >= 0.6 is 0 Å². The number of carbonyl (C=O) groups excluding carboxylic acids is 2. The van der Waals surface area contributed by atoms with Gasteiger partial charge in [-0.3, -0.25) is 9.59 Å². The highest BCUT2D eigenvalue weighted by atomic mass is 19.4. The fourth-order valence-corrected chi connectivity index (χ4v) is 3.11. The smallest absolute Gasteiger partial charge is 0.353 e. The van der Waals surface area contributed by atoms with Crippen LogP contribution in [0, 0.1) is 12.8 Å². The third-order valence-electron chi connectivity index (χ3n) is 4.42. The van der Waals surface area contributed by atoms with E-state index in [-0.39, 0.29) is 17.5 Å². The second-order valence-electron chi connectivity index (χ2n) is 8.01. The number of hydrogen-bond acceptors (Lipinski definition) is 2. The topological polar surface area (TPSA) is 58.2 Å². The Morgan fingerprint density at radius 2 is 1.63 bits per heavy atom. The molecule has 7 heteroatoms. The van der Waals surface area contributed by atoms with Gasteiger partial charge in [-0.15, -0.1) is 0 Å². The summed E-state index contributed by atoms with van der Waals surface area (Å²) in [6.45, 7) is 7.40. The average Bonchev–Trinajstić information content (AvgIpc) is 2.61. The molecular weight excluding hydrogens is 393 g/mol. The van der Waals surface area contributed by atoms with E-state index < -0.39 is 17.6 Å². The highest BCUT2D eigenvalue weighted by Crippen LogP contribution is 2.30. The molecule has 0 aliphatic heterocycles. The van der Waals surface area contributed by atoms with Crippen LogP contribution in [-0.2, 0) is 17.4 Å². The number of aryl methyl sites for hydroxylation is 1. The Morgan fingerprint density at radius 3 is 2.20 bits per heavy atom. The van der Waals surface area contributed by atoms with Crippen molar-refractivity contribution in [1.82, 2.24) is 5.32 Å². The zero-order chi connectivity index (χ0) is 22.5. The molecule has 0 saturated carbocycles. The van der Waals surface area contributed by atoms with Crippen LogP contribution in [0.2, 0.25) is 0 Å². The molecular formula is C23H27F3N2O2. The Hall–Kier alpha value is -2.83. The Balaban J connectivity index is 2.00. The fraction of sp³-hybridized carbons (Fsp3) is 0.391. The summed E-state index contributed by atoms with van der Waals surface area (Å²) in [7, 11) is 0. The van der Waals surface area contributed by atoms with Crippen molar-refractivity contribution < 1.29 is 22.8 Å². The van der Waals surface area contributed by atoms with E-state index in [9.17, 15) is 22.8 Å². The van der Waals surface area contributed by atoms with Crippen molar-refractivity contribution in [3.05, 3.63) is 64.7 Å². The van der Waals surface area contributed by atoms with E-state index in [0.717, 1.165) is 17.7 Å². The van der Waals surface area contributed by atoms with Crippen molar-refractivity contribution in [2.24, 2.45) is 5.92 Å². The van der Waals surface area contributed by atoms with Crippen LogP contribution in [0.25, 0.3) is 0 Å². The van der Waals surface area contributed by atoms with Crippen molar-refractivity contribution >= 4 is 17.5 Å². The maximum Gasteiger partial charge on any atom is 0.416 e. The first-order chi connectivity index (χ1) is 13.9. The lowest BCUT2D eigenvalue weighted by atomic mass is 10.0.